The Kier molecular flexibility index (Phi) is 8.20. The summed E-state index contributed by atoms with van der Waals surface area (Å²) in [7, 11) is 3.61. The number of likely N-dealkylation sites (N-methyl/N-ethyl adjacent to an activating group) is 1. The Morgan fingerprint density at radius 2 is 1.78 bits per heavy atom. The Bertz CT molecular complexity index is 239. The molecule has 0 spiro atoms. The monoisotopic (exact) mass is 257 g/mol. The fourth-order valence-corrected chi connectivity index (χ4v) is 1.94. The van der Waals surface area contributed by atoms with Gasteiger partial charge in [0.1, 0.15) is 0 Å². The van der Waals surface area contributed by atoms with Gasteiger partial charge in [0.2, 0.25) is 5.91 Å². The first-order valence-electron chi connectivity index (χ1n) is 6.94. The highest BCUT2D eigenvalue weighted by molar-refractivity contribution is 5.81. The molecule has 0 aromatic heterocycles. The summed E-state index contributed by atoms with van der Waals surface area (Å²) in [4.78, 5) is 13.7. The zero-order valence-electron chi connectivity index (χ0n) is 12.9. The van der Waals surface area contributed by atoms with Gasteiger partial charge in [-0.2, -0.15) is 0 Å². The third-order valence-corrected chi connectivity index (χ3v) is 3.32. The Hall–Kier alpha value is -0.610. The van der Waals surface area contributed by atoms with Crippen LogP contribution in [0.2, 0.25) is 0 Å². The number of nitrogens with two attached hydrogens (primary N) is 1. The van der Waals surface area contributed by atoms with E-state index in [1.54, 1.807) is 19.0 Å². The van der Waals surface area contributed by atoms with Crippen molar-refractivity contribution in [2.24, 2.45) is 23.5 Å². The number of carbonyl (C=O) groups excluding carboxylic acids is 1. The normalized spacial score (nSPS) is 14.9. The van der Waals surface area contributed by atoms with E-state index in [0.29, 0.717) is 24.3 Å². The van der Waals surface area contributed by atoms with Gasteiger partial charge in [-0.1, -0.05) is 27.7 Å². The summed E-state index contributed by atoms with van der Waals surface area (Å²) < 4.78 is 0. The van der Waals surface area contributed by atoms with Gasteiger partial charge in [0.05, 0.1) is 6.04 Å². The first kappa shape index (κ1) is 17.4. The molecule has 0 aliphatic rings. The quantitative estimate of drug-likeness (QED) is 0.689. The predicted molar refractivity (Wildman–Crippen MR) is 77.3 cm³/mol. The van der Waals surface area contributed by atoms with Gasteiger partial charge in [-0.15, -0.1) is 0 Å². The smallest absolute Gasteiger partial charge is 0.239 e. The lowest BCUT2D eigenvalue weighted by molar-refractivity contribution is -0.131. The van der Waals surface area contributed by atoms with Crippen LogP contribution in [0.4, 0.5) is 0 Å². The third kappa shape index (κ3) is 6.36. The van der Waals surface area contributed by atoms with Crippen LogP contribution in [0.5, 0.6) is 0 Å². The number of hydrogen-bond acceptors (Lipinski definition) is 3. The summed E-state index contributed by atoms with van der Waals surface area (Å²) in [6.45, 7) is 10.1. The second-order valence-corrected chi connectivity index (χ2v) is 6.06. The highest BCUT2D eigenvalue weighted by atomic mass is 16.2. The van der Waals surface area contributed by atoms with Crippen LogP contribution < -0.4 is 11.1 Å². The van der Waals surface area contributed by atoms with Crippen LogP contribution in [0.15, 0.2) is 0 Å². The standard InChI is InChI=1S/C14H31N3O/c1-10(2)7-13(14(18)17(5)6)16-9-12(8-15)11(3)4/h10-13,16H,7-9,15H2,1-6H3. The molecular weight excluding hydrogens is 226 g/mol. The van der Waals surface area contributed by atoms with Crippen molar-refractivity contribution in [1.82, 2.24) is 10.2 Å². The van der Waals surface area contributed by atoms with Crippen LogP contribution in [0, 0.1) is 17.8 Å². The van der Waals surface area contributed by atoms with Gasteiger partial charge in [0.15, 0.2) is 0 Å². The van der Waals surface area contributed by atoms with Crippen molar-refractivity contribution in [2.45, 2.75) is 40.2 Å². The Morgan fingerprint density at radius 3 is 2.11 bits per heavy atom. The number of nitrogens with zero attached hydrogens (tertiary/aromatic N) is 1. The minimum absolute atomic E-state index is 0.0900. The molecule has 0 radical (unpaired) electrons. The zero-order chi connectivity index (χ0) is 14.3. The Labute approximate surface area is 112 Å². The van der Waals surface area contributed by atoms with Gasteiger partial charge >= 0.3 is 0 Å². The number of rotatable bonds is 8. The Balaban J connectivity index is 4.45. The van der Waals surface area contributed by atoms with Crippen LogP contribution in [-0.2, 0) is 4.79 Å². The van der Waals surface area contributed by atoms with E-state index in [9.17, 15) is 4.79 Å². The molecule has 0 rings (SSSR count). The van der Waals surface area contributed by atoms with E-state index in [4.69, 9.17) is 5.73 Å². The molecule has 2 unspecified atom stereocenters. The molecule has 4 heteroatoms. The largest absolute Gasteiger partial charge is 0.347 e. The molecule has 0 heterocycles. The molecule has 0 saturated carbocycles. The van der Waals surface area contributed by atoms with E-state index in [1.165, 1.54) is 0 Å². The van der Waals surface area contributed by atoms with Crippen molar-refractivity contribution in [2.75, 3.05) is 27.2 Å². The SMILES string of the molecule is CC(C)CC(NCC(CN)C(C)C)C(=O)N(C)C. The molecule has 0 aromatic rings. The number of carbonyl (C=O) groups is 1. The molecule has 4 nitrogen and oxygen atoms in total. The average Bonchev–Trinajstić information content (AvgIpc) is 2.26. The van der Waals surface area contributed by atoms with E-state index >= 15 is 0 Å². The van der Waals surface area contributed by atoms with E-state index in [1.807, 2.05) is 0 Å². The molecule has 18 heavy (non-hydrogen) atoms. The van der Waals surface area contributed by atoms with Crippen LogP contribution >= 0.6 is 0 Å². The summed E-state index contributed by atoms with van der Waals surface area (Å²) in [6, 6.07) is -0.0900. The molecule has 1 amide bonds. The maximum Gasteiger partial charge on any atom is 0.239 e. The fraction of sp³-hybridized carbons (Fsp3) is 0.929. The molecule has 3 N–H and O–H groups in total. The van der Waals surface area contributed by atoms with E-state index in [-0.39, 0.29) is 11.9 Å². The number of amides is 1. The van der Waals surface area contributed by atoms with Crippen molar-refractivity contribution in [3.8, 4) is 0 Å². The molecule has 0 fully saturated rings. The van der Waals surface area contributed by atoms with Crippen molar-refractivity contribution >= 4 is 5.91 Å². The molecule has 0 aromatic carbocycles. The minimum Gasteiger partial charge on any atom is -0.347 e. The lowest BCUT2D eigenvalue weighted by Crippen LogP contribution is -2.47. The highest BCUT2D eigenvalue weighted by Gasteiger charge is 2.22. The zero-order valence-corrected chi connectivity index (χ0v) is 12.9. The highest BCUT2D eigenvalue weighted by Crippen LogP contribution is 2.11. The topological polar surface area (TPSA) is 58.4 Å². The lowest BCUT2D eigenvalue weighted by Gasteiger charge is -2.26. The van der Waals surface area contributed by atoms with E-state index < -0.39 is 0 Å². The van der Waals surface area contributed by atoms with Gasteiger partial charge in [-0.05, 0) is 30.7 Å². The second kappa shape index (κ2) is 8.48. The van der Waals surface area contributed by atoms with Gasteiger partial charge in [-0.3, -0.25) is 4.79 Å². The minimum atomic E-state index is -0.0900. The summed E-state index contributed by atoms with van der Waals surface area (Å²) in [5, 5.41) is 3.39. The molecular formula is C14H31N3O. The van der Waals surface area contributed by atoms with Gasteiger partial charge in [0, 0.05) is 20.6 Å². The van der Waals surface area contributed by atoms with Gasteiger partial charge in [0.25, 0.3) is 0 Å². The van der Waals surface area contributed by atoms with Gasteiger partial charge < -0.3 is 16.0 Å². The molecule has 0 bridgehead atoms. The van der Waals surface area contributed by atoms with Crippen LogP contribution in [0.3, 0.4) is 0 Å². The molecule has 108 valence electrons. The summed E-state index contributed by atoms with van der Waals surface area (Å²) in [5.41, 5.74) is 5.76. The predicted octanol–water partition coefficient (Wildman–Crippen LogP) is 1.31. The summed E-state index contributed by atoms with van der Waals surface area (Å²) >= 11 is 0. The molecule has 0 saturated heterocycles. The molecule has 0 aliphatic carbocycles. The molecule has 0 aliphatic heterocycles. The number of hydrogen-bond donors (Lipinski definition) is 2. The first-order chi connectivity index (χ1) is 8.29. The van der Waals surface area contributed by atoms with Crippen LogP contribution in [-0.4, -0.2) is 44.0 Å². The van der Waals surface area contributed by atoms with Crippen molar-refractivity contribution in [3.05, 3.63) is 0 Å². The third-order valence-electron chi connectivity index (χ3n) is 3.32. The van der Waals surface area contributed by atoms with Gasteiger partial charge in [-0.25, -0.2) is 0 Å². The number of nitrogens with one attached hydrogen (secondary N) is 1. The summed E-state index contributed by atoms with van der Waals surface area (Å²) in [5.74, 6) is 1.62. The maximum absolute atomic E-state index is 12.1. The average molecular weight is 257 g/mol. The maximum atomic E-state index is 12.1. The van der Waals surface area contributed by atoms with Crippen LogP contribution in [0.25, 0.3) is 0 Å². The molecule has 2 atom stereocenters. The van der Waals surface area contributed by atoms with Crippen molar-refractivity contribution < 1.29 is 4.79 Å². The van der Waals surface area contributed by atoms with E-state index in [0.717, 1.165) is 13.0 Å². The van der Waals surface area contributed by atoms with Crippen LogP contribution in [0.1, 0.15) is 34.1 Å². The van der Waals surface area contributed by atoms with E-state index in [2.05, 4.69) is 33.0 Å². The summed E-state index contributed by atoms with van der Waals surface area (Å²) in [6.07, 6.45) is 0.867. The van der Waals surface area contributed by atoms with Crippen molar-refractivity contribution in [3.63, 3.8) is 0 Å². The first-order valence-corrected chi connectivity index (χ1v) is 6.94. The van der Waals surface area contributed by atoms with Crippen molar-refractivity contribution in [1.29, 1.82) is 0 Å². The lowest BCUT2D eigenvalue weighted by atomic mass is 9.95. The second-order valence-electron chi connectivity index (χ2n) is 6.06. The Morgan fingerprint density at radius 1 is 1.22 bits per heavy atom. The fourth-order valence-electron chi connectivity index (χ4n) is 1.94.